The maximum atomic E-state index is 13.4. The Bertz CT molecular complexity index is 1100. The van der Waals surface area contributed by atoms with E-state index in [4.69, 9.17) is 4.98 Å². The summed E-state index contributed by atoms with van der Waals surface area (Å²) in [6, 6.07) is 13.9. The van der Waals surface area contributed by atoms with Gasteiger partial charge < -0.3 is 0 Å². The largest absolute Gasteiger partial charge is 0.260 e. The molecule has 0 bridgehead atoms. The van der Waals surface area contributed by atoms with Gasteiger partial charge in [0.2, 0.25) is 0 Å². The van der Waals surface area contributed by atoms with E-state index in [-0.39, 0.29) is 36.4 Å². The smallest absolute Gasteiger partial charge is 0.179 e. The van der Waals surface area contributed by atoms with Crippen LogP contribution in [0.1, 0.15) is 43.7 Å². The van der Waals surface area contributed by atoms with Crippen LogP contribution in [0.2, 0.25) is 0 Å². The summed E-state index contributed by atoms with van der Waals surface area (Å²) in [6.07, 6.45) is 10.4. The first-order chi connectivity index (χ1) is 16.2. The van der Waals surface area contributed by atoms with Crippen LogP contribution in [0.5, 0.6) is 0 Å². The van der Waals surface area contributed by atoms with Gasteiger partial charge in [0.1, 0.15) is 0 Å². The van der Waals surface area contributed by atoms with Crippen molar-refractivity contribution in [2.45, 2.75) is 38.0 Å². The summed E-state index contributed by atoms with van der Waals surface area (Å²) in [4.78, 5) is 9.38. The van der Waals surface area contributed by atoms with Gasteiger partial charge in [-0.15, -0.1) is 7.77 Å². The first-order valence-electron chi connectivity index (χ1n) is 10.6. The molecule has 0 amide bonds. The summed E-state index contributed by atoms with van der Waals surface area (Å²) in [5.41, 5.74) is 4.22. The number of aromatic amines is 1. The molecule has 33 heavy (non-hydrogen) atoms. The second-order valence-corrected chi connectivity index (χ2v) is 9.69. The minimum Gasteiger partial charge on any atom is -0.260 e. The molecule has 2 aromatic heterocycles. The number of halogens is 3. The van der Waals surface area contributed by atoms with Gasteiger partial charge in [0.05, 0.1) is 22.1 Å². The molecule has 1 N–H and O–H groups in total. The monoisotopic (exact) mass is 549 g/mol. The predicted molar refractivity (Wildman–Crippen MR) is 136 cm³/mol. The Morgan fingerprint density at radius 3 is 2.24 bits per heavy atom. The van der Waals surface area contributed by atoms with Crippen LogP contribution < -0.4 is 3.71 Å². The number of nitrogens with one attached hydrogen (secondary N) is 1. The second kappa shape index (κ2) is 11.8. The number of benzene rings is 1. The Balaban J connectivity index is 1.78. The van der Waals surface area contributed by atoms with Gasteiger partial charge in [-0.25, -0.2) is 0 Å². The molecule has 0 spiro atoms. The highest BCUT2D eigenvalue weighted by Gasteiger charge is 2.23. The quantitative estimate of drug-likeness (QED) is 0.312. The molecule has 1 saturated carbocycles. The normalized spacial score (nSPS) is 14.0. The maximum absolute atomic E-state index is 13.4. The summed E-state index contributed by atoms with van der Waals surface area (Å²) >= 11 is 3.07. The zero-order valence-corrected chi connectivity index (χ0v) is 20.8. The van der Waals surface area contributed by atoms with Crippen LogP contribution >= 0.6 is 40.6 Å². The van der Waals surface area contributed by atoms with Crippen molar-refractivity contribution < 1.29 is 7.77 Å². The van der Waals surface area contributed by atoms with E-state index in [0.29, 0.717) is 4.47 Å². The van der Waals surface area contributed by atoms with Crippen molar-refractivity contribution in [2.24, 2.45) is 0 Å². The van der Waals surface area contributed by atoms with Gasteiger partial charge in [-0.2, -0.15) is 8.81 Å². The number of H-pyrrole nitrogens is 1. The summed E-state index contributed by atoms with van der Waals surface area (Å²) in [5, 5.41) is 7.01. The Labute approximate surface area is 209 Å². The fourth-order valence-electron chi connectivity index (χ4n) is 3.92. The van der Waals surface area contributed by atoms with Crippen molar-refractivity contribution in [3.8, 4) is 22.4 Å². The minimum atomic E-state index is -0.237. The van der Waals surface area contributed by atoms with E-state index in [1.54, 1.807) is 18.6 Å². The molecule has 10 heteroatoms. The molecule has 0 radical (unpaired) electrons. The molecule has 0 unspecified atom stereocenters. The summed E-state index contributed by atoms with van der Waals surface area (Å²) < 4.78 is 28.1. The minimum absolute atomic E-state index is 0.155. The molecule has 1 aliphatic rings. The number of rotatable bonds is 6. The topological polar surface area (TPSA) is 57.7 Å². The standard InChI is InChI=1S/C23H22BrF2N5S2/c24-21-22(17-9-5-2-6-10-17)28-14-19(15-29-30-23(21)31(32-25)33-26)18-11-12-20(27-13-18)16-7-3-1-4-8-16/h1,3-4,7-8,11-15,17,30H,2,5-6,9-10H2. The van der Waals surface area contributed by atoms with E-state index in [1.807, 2.05) is 42.5 Å². The molecule has 0 saturated heterocycles. The van der Waals surface area contributed by atoms with E-state index in [1.165, 1.54) is 6.42 Å². The van der Waals surface area contributed by atoms with Crippen LogP contribution in [0.4, 0.5) is 13.6 Å². The Kier molecular flexibility index (Phi) is 8.57. The number of hydrogen-bond acceptors (Lipinski definition) is 6. The highest BCUT2D eigenvalue weighted by atomic mass is 79.9. The first kappa shape index (κ1) is 24.0. The van der Waals surface area contributed by atoms with Crippen molar-refractivity contribution in [3.05, 3.63) is 71.2 Å². The van der Waals surface area contributed by atoms with Gasteiger partial charge in [-0.05, 0) is 34.8 Å². The average molecular weight is 550 g/mol. The van der Waals surface area contributed by atoms with Gasteiger partial charge in [-0.3, -0.25) is 15.1 Å². The lowest BCUT2D eigenvalue weighted by atomic mass is 9.87. The molecule has 2 heterocycles. The first-order valence-corrected chi connectivity index (χ1v) is 12.7. The fourth-order valence-corrected chi connectivity index (χ4v) is 5.33. The summed E-state index contributed by atoms with van der Waals surface area (Å²) in [5.74, 6) is 0.345. The molecule has 1 fully saturated rings. The Hall–Kier alpha value is -2.17. The van der Waals surface area contributed by atoms with E-state index in [0.717, 1.165) is 57.5 Å². The third-order valence-electron chi connectivity index (χ3n) is 5.62. The highest BCUT2D eigenvalue weighted by molar-refractivity contribution is 9.10. The Morgan fingerprint density at radius 2 is 1.58 bits per heavy atom. The van der Waals surface area contributed by atoms with Crippen molar-refractivity contribution in [1.82, 2.24) is 20.2 Å². The van der Waals surface area contributed by atoms with Crippen molar-refractivity contribution in [3.63, 3.8) is 0 Å². The molecular weight excluding hydrogens is 528 g/mol. The molecule has 3 aromatic rings. The van der Waals surface area contributed by atoms with Gasteiger partial charge >= 0.3 is 0 Å². The molecule has 1 aromatic carbocycles. The van der Waals surface area contributed by atoms with Gasteiger partial charge in [0, 0.05) is 35.0 Å². The number of nitrogens with zero attached hydrogens (tertiary/aromatic N) is 4. The molecule has 5 nitrogen and oxygen atoms in total. The molecular formula is C23H22BrF2N5S2. The van der Waals surface area contributed by atoms with Crippen molar-refractivity contribution in [1.29, 1.82) is 0 Å². The zero-order chi connectivity index (χ0) is 23.0. The number of hydrogen-bond donors (Lipinski definition) is 1. The molecule has 4 rings (SSSR count). The predicted octanol–water partition coefficient (Wildman–Crippen LogP) is 8.34. The Morgan fingerprint density at radius 1 is 0.848 bits per heavy atom. The van der Waals surface area contributed by atoms with Gasteiger partial charge in [0.15, 0.2) is 30.5 Å². The summed E-state index contributed by atoms with van der Waals surface area (Å²) in [6.45, 7) is 0. The third-order valence-corrected chi connectivity index (χ3v) is 7.35. The van der Waals surface area contributed by atoms with Crippen LogP contribution in [0.25, 0.3) is 22.4 Å². The molecule has 0 atom stereocenters. The molecule has 1 aliphatic carbocycles. The number of pyridine rings is 1. The summed E-state index contributed by atoms with van der Waals surface area (Å²) in [7, 11) is 0. The van der Waals surface area contributed by atoms with E-state index in [9.17, 15) is 7.77 Å². The fraction of sp³-hybridized carbons (Fsp3) is 0.261. The van der Waals surface area contributed by atoms with Crippen LogP contribution in [0.3, 0.4) is 0 Å². The maximum Gasteiger partial charge on any atom is 0.179 e. The lowest BCUT2D eigenvalue weighted by Crippen LogP contribution is -2.09. The third kappa shape index (κ3) is 5.85. The highest BCUT2D eigenvalue weighted by Crippen LogP contribution is 2.41. The molecule has 172 valence electrons. The van der Waals surface area contributed by atoms with Crippen LogP contribution in [-0.2, 0) is 0 Å². The average Bonchev–Trinajstić information content (AvgIpc) is 2.96. The van der Waals surface area contributed by atoms with E-state index in [2.05, 4.69) is 31.1 Å². The molecule has 0 aliphatic heterocycles. The lowest BCUT2D eigenvalue weighted by molar-refractivity contribution is 0.436. The van der Waals surface area contributed by atoms with Crippen LogP contribution in [-0.4, -0.2) is 20.2 Å². The SMILES string of the molecule is FSN(SF)c1[nH]ncc(-c2ccc(-c3ccccc3)nc2)cnc(C2CCCCC2)c1Br. The van der Waals surface area contributed by atoms with Crippen LogP contribution in [0, 0.1) is 0 Å². The number of anilines is 1. The zero-order valence-electron chi connectivity index (χ0n) is 17.6. The van der Waals surface area contributed by atoms with Crippen LogP contribution in [0.15, 0.2) is 65.5 Å². The second-order valence-electron chi connectivity index (χ2n) is 7.66. The van der Waals surface area contributed by atoms with Gasteiger partial charge in [0.25, 0.3) is 0 Å². The van der Waals surface area contributed by atoms with Crippen molar-refractivity contribution in [2.75, 3.05) is 3.71 Å². The lowest BCUT2D eigenvalue weighted by Gasteiger charge is -2.22. The van der Waals surface area contributed by atoms with E-state index >= 15 is 0 Å². The van der Waals surface area contributed by atoms with Crippen molar-refractivity contribution >= 4 is 46.4 Å². The number of aromatic nitrogens is 4. The van der Waals surface area contributed by atoms with Gasteiger partial charge in [-0.1, -0.05) is 55.7 Å². The van der Waals surface area contributed by atoms with E-state index < -0.39 is 0 Å².